The largest absolute Gasteiger partial charge is 0.477 e. The van der Waals surface area contributed by atoms with Gasteiger partial charge in [-0.2, -0.15) is 5.26 Å². The zero-order chi connectivity index (χ0) is 8.97. The van der Waals surface area contributed by atoms with Crippen LogP contribution in [-0.2, 0) is 9.53 Å². The zero-order valence-corrected chi connectivity index (χ0v) is 6.54. The average Bonchev–Trinajstić information content (AvgIpc) is 2.07. The molecule has 0 radical (unpaired) electrons. The van der Waals surface area contributed by atoms with Crippen molar-refractivity contribution in [1.29, 1.82) is 5.26 Å². The number of carboxylic acid groups (broad SMARTS) is 1. The third-order valence-corrected chi connectivity index (χ3v) is 1.78. The molecule has 0 aromatic rings. The summed E-state index contributed by atoms with van der Waals surface area (Å²) in [5.74, 6) is -1.13. The third-order valence-electron chi connectivity index (χ3n) is 1.78. The first kappa shape index (κ1) is 8.75. The van der Waals surface area contributed by atoms with Crippen LogP contribution in [-0.4, -0.2) is 24.3 Å². The third kappa shape index (κ3) is 1.83. The van der Waals surface area contributed by atoms with Crippen molar-refractivity contribution in [2.75, 3.05) is 13.2 Å². The summed E-state index contributed by atoms with van der Waals surface area (Å²) >= 11 is 0. The molecule has 0 atom stereocenters. The van der Waals surface area contributed by atoms with Crippen LogP contribution in [0.5, 0.6) is 0 Å². The van der Waals surface area contributed by atoms with Crippen molar-refractivity contribution in [3.05, 3.63) is 11.1 Å². The van der Waals surface area contributed by atoms with Gasteiger partial charge in [-0.1, -0.05) is 0 Å². The van der Waals surface area contributed by atoms with Gasteiger partial charge < -0.3 is 9.84 Å². The van der Waals surface area contributed by atoms with E-state index in [2.05, 4.69) is 0 Å². The minimum Gasteiger partial charge on any atom is -0.477 e. The summed E-state index contributed by atoms with van der Waals surface area (Å²) < 4.78 is 5.04. The molecule has 0 amide bonds. The van der Waals surface area contributed by atoms with Crippen molar-refractivity contribution in [3.63, 3.8) is 0 Å². The van der Waals surface area contributed by atoms with Crippen LogP contribution in [0.15, 0.2) is 11.1 Å². The highest BCUT2D eigenvalue weighted by Gasteiger charge is 2.16. The van der Waals surface area contributed by atoms with Crippen molar-refractivity contribution in [1.82, 2.24) is 0 Å². The molecule has 4 heteroatoms. The van der Waals surface area contributed by atoms with Crippen LogP contribution in [0.2, 0.25) is 0 Å². The summed E-state index contributed by atoms with van der Waals surface area (Å²) in [6.45, 7) is 1.04. The molecule has 1 aliphatic rings. The van der Waals surface area contributed by atoms with Crippen LogP contribution < -0.4 is 0 Å². The molecular formula is C8H9NO3. The van der Waals surface area contributed by atoms with E-state index in [1.165, 1.54) is 0 Å². The Hall–Kier alpha value is -1.34. The smallest absolute Gasteiger partial charge is 0.346 e. The van der Waals surface area contributed by atoms with Crippen LogP contribution in [0.25, 0.3) is 0 Å². The van der Waals surface area contributed by atoms with Crippen LogP contribution >= 0.6 is 0 Å². The molecule has 4 nitrogen and oxygen atoms in total. The number of carboxylic acids is 1. The molecule has 0 saturated carbocycles. The van der Waals surface area contributed by atoms with Crippen molar-refractivity contribution in [2.45, 2.75) is 12.8 Å². The number of hydrogen-bond donors (Lipinski definition) is 1. The molecule has 12 heavy (non-hydrogen) atoms. The molecular weight excluding hydrogens is 158 g/mol. The van der Waals surface area contributed by atoms with Crippen LogP contribution in [0.3, 0.4) is 0 Å². The van der Waals surface area contributed by atoms with E-state index in [9.17, 15) is 4.79 Å². The molecule has 1 fully saturated rings. The highest BCUT2D eigenvalue weighted by atomic mass is 16.5. The first-order chi connectivity index (χ1) is 5.75. The summed E-state index contributed by atoms with van der Waals surface area (Å²) in [7, 11) is 0. The van der Waals surface area contributed by atoms with Gasteiger partial charge in [0.15, 0.2) is 0 Å². The molecule has 1 heterocycles. The molecule has 1 saturated heterocycles. The Morgan fingerprint density at radius 2 is 2.08 bits per heavy atom. The first-order valence-electron chi connectivity index (χ1n) is 3.69. The number of nitriles is 1. The van der Waals surface area contributed by atoms with Gasteiger partial charge in [0.1, 0.15) is 11.6 Å². The lowest BCUT2D eigenvalue weighted by atomic mass is 10.0. The van der Waals surface area contributed by atoms with E-state index in [0.29, 0.717) is 31.6 Å². The highest BCUT2D eigenvalue weighted by molar-refractivity contribution is 5.92. The Kier molecular flexibility index (Phi) is 2.83. The highest BCUT2D eigenvalue weighted by Crippen LogP contribution is 2.17. The second kappa shape index (κ2) is 3.88. The Balaban J connectivity index is 2.84. The van der Waals surface area contributed by atoms with E-state index in [4.69, 9.17) is 15.1 Å². The monoisotopic (exact) mass is 167 g/mol. The lowest BCUT2D eigenvalue weighted by molar-refractivity contribution is -0.132. The predicted molar refractivity (Wildman–Crippen MR) is 40.3 cm³/mol. The molecule has 0 bridgehead atoms. The van der Waals surface area contributed by atoms with Crippen molar-refractivity contribution < 1.29 is 14.6 Å². The van der Waals surface area contributed by atoms with Crippen molar-refractivity contribution >= 4 is 5.97 Å². The van der Waals surface area contributed by atoms with Crippen LogP contribution in [0, 0.1) is 11.3 Å². The molecule has 1 aliphatic heterocycles. The Labute approximate surface area is 70.1 Å². The van der Waals surface area contributed by atoms with E-state index < -0.39 is 5.97 Å². The Morgan fingerprint density at radius 1 is 1.50 bits per heavy atom. The van der Waals surface area contributed by atoms with Gasteiger partial charge >= 0.3 is 5.97 Å². The summed E-state index contributed by atoms with van der Waals surface area (Å²) in [6, 6.07) is 1.70. The first-order valence-corrected chi connectivity index (χ1v) is 3.69. The second-order valence-corrected chi connectivity index (χ2v) is 2.51. The van der Waals surface area contributed by atoms with E-state index in [1.807, 2.05) is 0 Å². The minimum absolute atomic E-state index is 0.113. The van der Waals surface area contributed by atoms with Gasteiger partial charge in [-0.3, -0.25) is 0 Å². The quantitative estimate of drug-likeness (QED) is 0.461. The number of aliphatic carboxylic acids is 1. The van der Waals surface area contributed by atoms with Gasteiger partial charge in [0.2, 0.25) is 0 Å². The normalized spacial score (nSPS) is 16.8. The fraction of sp³-hybridized carbons (Fsp3) is 0.500. The molecule has 64 valence electrons. The topological polar surface area (TPSA) is 70.3 Å². The molecule has 0 aromatic carbocycles. The molecule has 0 aromatic heterocycles. The minimum atomic E-state index is -1.13. The predicted octanol–water partition coefficient (Wildman–Crippen LogP) is 0.702. The van der Waals surface area contributed by atoms with Gasteiger partial charge in [-0.05, 0) is 18.4 Å². The fourth-order valence-electron chi connectivity index (χ4n) is 1.15. The maximum Gasteiger partial charge on any atom is 0.346 e. The molecule has 0 aliphatic carbocycles. The summed E-state index contributed by atoms with van der Waals surface area (Å²) in [5.41, 5.74) is 0.592. The summed E-state index contributed by atoms with van der Waals surface area (Å²) in [5, 5.41) is 17.1. The van der Waals surface area contributed by atoms with E-state index in [1.54, 1.807) is 6.07 Å². The second-order valence-electron chi connectivity index (χ2n) is 2.51. The zero-order valence-electron chi connectivity index (χ0n) is 6.54. The van der Waals surface area contributed by atoms with Gasteiger partial charge in [0.05, 0.1) is 13.2 Å². The molecule has 1 rings (SSSR count). The SMILES string of the molecule is N#CC(C(=O)O)=C1CCOCC1. The number of carbonyl (C=O) groups is 1. The van der Waals surface area contributed by atoms with E-state index in [-0.39, 0.29) is 5.57 Å². The van der Waals surface area contributed by atoms with Gasteiger partial charge in [-0.15, -0.1) is 0 Å². The lowest BCUT2D eigenvalue weighted by Gasteiger charge is -2.14. The number of rotatable bonds is 1. The van der Waals surface area contributed by atoms with Crippen LogP contribution in [0.4, 0.5) is 0 Å². The summed E-state index contributed by atoms with van der Waals surface area (Å²) in [6.07, 6.45) is 1.13. The van der Waals surface area contributed by atoms with Gasteiger partial charge in [0, 0.05) is 0 Å². The average molecular weight is 167 g/mol. The number of nitrogens with zero attached hydrogens (tertiary/aromatic N) is 1. The Morgan fingerprint density at radius 3 is 2.50 bits per heavy atom. The van der Waals surface area contributed by atoms with Gasteiger partial charge in [0.25, 0.3) is 0 Å². The summed E-state index contributed by atoms with van der Waals surface area (Å²) in [4.78, 5) is 10.5. The number of hydrogen-bond acceptors (Lipinski definition) is 3. The lowest BCUT2D eigenvalue weighted by Crippen LogP contribution is -2.12. The van der Waals surface area contributed by atoms with Gasteiger partial charge in [-0.25, -0.2) is 4.79 Å². The number of ether oxygens (including phenoxy) is 1. The fourth-order valence-corrected chi connectivity index (χ4v) is 1.15. The van der Waals surface area contributed by atoms with E-state index in [0.717, 1.165) is 0 Å². The maximum atomic E-state index is 10.5. The molecule has 0 spiro atoms. The molecule has 0 unspecified atom stereocenters. The van der Waals surface area contributed by atoms with Crippen molar-refractivity contribution in [3.8, 4) is 6.07 Å². The Bertz CT molecular complexity index is 254. The standard InChI is InChI=1S/C8H9NO3/c9-5-7(8(10)11)6-1-3-12-4-2-6/h1-4H2,(H,10,11). The van der Waals surface area contributed by atoms with Crippen molar-refractivity contribution in [2.24, 2.45) is 0 Å². The van der Waals surface area contributed by atoms with E-state index >= 15 is 0 Å². The maximum absolute atomic E-state index is 10.5. The molecule has 1 N–H and O–H groups in total. The van der Waals surface area contributed by atoms with Crippen LogP contribution in [0.1, 0.15) is 12.8 Å².